The highest BCUT2D eigenvalue weighted by Gasteiger charge is 2.16. The summed E-state index contributed by atoms with van der Waals surface area (Å²) >= 11 is 0. The molecular formula is C19H31N3O2. The molecule has 1 fully saturated rings. The molecule has 0 aliphatic carbocycles. The predicted molar refractivity (Wildman–Crippen MR) is 97.0 cm³/mol. The van der Waals surface area contributed by atoms with Gasteiger partial charge in [0.2, 0.25) is 0 Å². The van der Waals surface area contributed by atoms with Crippen molar-refractivity contribution in [1.29, 1.82) is 0 Å². The van der Waals surface area contributed by atoms with Crippen LogP contribution in [-0.2, 0) is 11.3 Å². The molecule has 1 aliphatic rings. The maximum Gasteiger partial charge on any atom is 0.407 e. The zero-order valence-electron chi connectivity index (χ0n) is 14.8. The molecule has 2 rings (SSSR count). The van der Waals surface area contributed by atoms with Gasteiger partial charge in [-0.1, -0.05) is 37.3 Å². The van der Waals surface area contributed by atoms with Gasteiger partial charge in [0, 0.05) is 19.6 Å². The van der Waals surface area contributed by atoms with Crippen molar-refractivity contribution in [3.05, 3.63) is 35.9 Å². The molecule has 5 heteroatoms. The fourth-order valence-electron chi connectivity index (χ4n) is 3.13. The minimum atomic E-state index is -0.336. The van der Waals surface area contributed by atoms with Crippen molar-refractivity contribution in [1.82, 2.24) is 15.5 Å². The highest BCUT2D eigenvalue weighted by molar-refractivity contribution is 5.67. The van der Waals surface area contributed by atoms with Gasteiger partial charge in [0.25, 0.3) is 0 Å². The molecule has 2 N–H and O–H groups in total. The average molecular weight is 333 g/mol. The molecule has 0 bridgehead atoms. The van der Waals surface area contributed by atoms with Crippen molar-refractivity contribution < 1.29 is 9.53 Å². The normalized spacial score (nSPS) is 15.4. The second-order valence-electron chi connectivity index (χ2n) is 6.48. The van der Waals surface area contributed by atoms with Crippen LogP contribution in [0, 0.1) is 5.92 Å². The van der Waals surface area contributed by atoms with E-state index < -0.39 is 0 Å². The smallest absolute Gasteiger partial charge is 0.407 e. The first-order valence-electron chi connectivity index (χ1n) is 9.15. The zero-order chi connectivity index (χ0) is 17.0. The number of carbonyl (C=O) groups is 1. The molecule has 1 saturated heterocycles. The summed E-state index contributed by atoms with van der Waals surface area (Å²) < 4.78 is 5.24. The van der Waals surface area contributed by atoms with Crippen molar-refractivity contribution in [3.8, 4) is 0 Å². The maximum absolute atomic E-state index is 11.8. The van der Waals surface area contributed by atoms with Gasteiger partial charge in [-0.25, -0.2) is 4.79 Å². The Kier molecular flexibility index (Phi) is 8.63. The number of hydrogen-bond donors (Lipinski definition) is 2. The van der Waals surface area contributed by atoms with E-state index in [1.54, 1.807) is 0 Å². The van der Waals surface area contributed by atoms with E-state index in [0.717, 1.165) is 50.6 Å². The van der Waals surface area contributed by atoms with Gasteiger partial charge in [-0.05, 0) is 50.4 Å². The molecule has 24 heavy (non-hydrogen) atoms. The van der Waals surface area contributed by atoms with Gasteiger partial charge in [-0.3, -0.25) is 0 Å². The standard InChI is InChI=1S/C19H31N3O2/c1-2-13-22(15-17-8-10-20-11-9-17)14-12-21-19(23)24-16-18-6-4-3-5-7-18/h3-7,17,20H,2,8-16H2,1H3,(H,21,23). The number of hydrogen-bond acceptors (Lipinski definition) is 4. The first kappa shape index (κ1) is 18.7. The number of nitrogens with zero attached hydrogens (tertiary/aromatic N) is 1. The second kappa shape index (κ2) is 11.0. The minimum absolute atomic E-state index is 0.320. The summed E-state index contributed by atoms with van der Waals surface area (Å²) in [6, 6.07) is 9.75. The molecular weight excluding hydrogens is 302 g/mol. The molecule has 0 unspecified atom stereocenters. The maximum atomic E-state index is 11.8. The Balaban J connectivity index is 1.62. The summed E-state index contributed by atoms with van der Waals surface area (Å²) in [7, 11) is 0. The van der Waals surface area contributed by atoms with Crippen LogP contribution in [0.5, 0.6) is 0 Å². The van der Waals surface area contributed by atoms with E-state index in [0.29, 0.717) is 13.2 Å². The van der Waals surface area contributed by atoms with Crippen LogP contribution in [0.1, 0.15) is 31.7 Å². The largest absolute Gasteiger partial charge is 0.445 e. The van der Waals surface area contributed by atoms with Crippen molar-refractivity contribution >= 4 is 6.09 Å². The van der Waals surface area contributed by atoms with Gasteiger partial charge in [-0.2, -0.15) is 0 Å². The van der Waals surface area contributed by atoms with Gasteiger partial charge >= 0.3 is 6.09 Å². The van der Waals surface area contributed by atoms with E-state index in [2.05, 4.69) is 22.5 Å². The molecule has 134 valence electrons. The highest BCUT2D eigenvalue weighted by atomic mass is 16.5. The topological polar surface area (TPSA) is 53.6 Å². The van der Waals surface area contributed by atoms with E-state index in [-0.39, 0.29) is 6.09 Å². The van der Waals surface area contributed by atoms with Gasteiger partial charge in [0.05, 0.1) is 0 Å². The van der Waals surface area contributed by atoms with E-state index in [9.17, 15) is 4.79 Å². The average Bonchev–Trinajstić information content (AvgIpc) is 2.62. The molecule has 0 aromatic heterocycles. The van der Waals surface area contributed by atoms with Crippen molar-refractivity contribution in [2.45, 2.75) is 32.8 Å². The fraction of sp³-hybridized carbons (Fsp3) is 0.632. The molecule has 0 radical (unpaired) electrons. The van der Waals surface area contributed by atoms with Crippen LogP contribution in [0.15, 0.2) is 30.3 Å². The SMILES string of the molecule is CCCN(CCNC(=O)OCc1ccccc1)CC1CCNCC1. The van der Waals surface area contributed by atoms with E-state index in [1.807, 2.05) is 30.3 Å². The van der Waals surface area contributed by atoms with E-state index in [1.165, 1.54) is 12.8 Å². The summed E-state index contributed by atoms with van der Waals surface area (Å²) in [5, 5.41) is 6.28. The van der Waals surface area contributed by atoms with Crippen molar-refractivity contribution in [2.75, 3.05) is 39.3 Å². The van der Waals surface area contributed by atoms with Crippen molar-refractivity contribution in [3.63, 3.8) is 0 Å². The fourth-order valence-corrected chi connectivity index (χ4v) is 3.13. The van der Waals surface area contributed by atoms with Crippen LogP contribution in [-0.4, -0.2) is 50.3 Å². The molecule has 1 aliphatic heterocycles. The molecule has 1 aromatic carbocycles. The lowest BCUT2D eigenvalue weighted by molar-refractivity contribution is 0.136. The van der Waals surface area contributed by atoms with E-state index in [4.69, 9.17) is 4.74 Å². The lowest BCUT2D eigenvalue weighted by Crippen LogP contribution is -2.40. The first-order valence-corrected chi connectivity index (χ1v) is 9.15. The van der Waals surface area contributed by atoms with Gasteiger partial charge in [0.1, 0.15) is 6.61 Å². The van der Waals surface area contributed by atoms with Crippen LogP contribution >= 0.6 is 0 Å². The Morgan fingerprint density at radius 3 is 2.71 bits per heavy atom. The number of piperidine rings is 1. The number of amides is 1. The molecule has 1 aromatic rings. The van der Waals surface area contributed by atoms with Crippen LogP contribution in [0.25, 0.3) is 0 Å². The number of nitrogens with one attached hydrogen (secondary N) is 2. The van der Waals surface area contributed by atoms with Gasteiger partial charge in [-0.15, -0.1) is 0 Å². The molecule has 0 saturated carbocycles. The van der Waals surface area contributed by atoms with Gasteiger partial charge in [0.15, 0.2) is 0 Å². The lowest BCUT2D eigenvalue weighted by Gasteiger charge is -2.29. The first-order chi connectivity index (χ1) is 11.8. The Morgan fingerprint density at radius 2 is 2.00 bits per heavy atom. The lowest BCUT2D eigenvalue weighted by atomic mass is 9.97. The number of rotatable bonds is 9. The third kappa shape index (κ3) is 7.32. The predicted octanol–water partition coefficient (Wildman–Crippen LogP) is 2.62. The molecule has 0 spiro atoms. The summed E-state index contributed by atoms with van der Waals surface area (Å²) in [6.07, 6.45) is 3.32. The molecule has 1 heterocycles. The Morgan fingerprint density at radius 1 is 1.25 bits per heavy atom. The van der Waals surface area contributed by atoms with Crippen LogP contribution < -0.4 is 10.6 Å². The van der Waals surface area contributed by atoms with Crippen LogP contribution in [0.3, 0.4) is 0 Å². The molecule has 5 nitrogen and oxygen atoms in total. The van der Waals surface area contributed by atoms with Crippen molar-refractivity contribution in [2.24, 2.45) is 5.92 Å². The Hall–Kier alpha value is -1.59. The zero-order valence-corrected chi connectivity index (χ0v) is 14.8. The molecule has 0 atom stereocenters. The Bertz CT molecular complexity index is 461. The summed E-state index contributed by atoms with van der Waals surface area (Å²) in [5.74, 6) is 0.780. The third-order valence-electron chi connectivity index (χ3n) is 4.43. The van der Waals surface area contributed by atoms with E-state index >= 15 is 0 Å². The third-order valence-corrected chi connectivity index (χ3v) is 4.43. The highest BCUT2D eigenvalue weighted by Crippen LogP contribution is 2.13. The monoisotopic (exact) mass is 333 g/mol. The Labute approximate surface area is 145 Å². The van der Waals surface area contributed by atoms with Crippen LogP contribution in [0.2, 0.25) is 0 Å². The number of benzene rings is 1. The number of alkyl carbamates (subject to hydrolysis) is 1. The second-order valence-corrected chi connectivity index (χ2v) is 6.48. The number of ether oxygens (including phenoxy) is 1. The number of carbonyl (C=O) groups excluding carboxylic acids is 1. The van der Waals surface area contributed by atoms with Gasteiger partial charge < -0.3 is 20.3 Å². The summed E-state index contributed by atoms with van der Waals surface area (Å²) in [5.41, 5.74) is 1.01. The van der Waals surface area contributed by atoms with Crippen LogP contribution in [0.4, 0.5) is 4.79 Å². The summed E-state index contributed by atoms with van der Waals surface area (Å²) in [4.78, 5) is 14.3. The summed E-state index contributed by atoms with van der Waals surface area (Å²) in [6.45, 7) is 8.54. The molecule has 1 amide bonds. The quantitative estimate of drug-likeness (QED) is 0.729. The minimum Gasteiger partial charge on any atom is -0.445 e.